The first-order valence-corrected chi connectivity index (χ1v) is 8.18. The molecule has 0 fully saturated rings. The first-order chi connectivity index (χ1) is 13.1. The van der Waals surface area contributed by atoms with Crippen LogP contribution in [0.15, 0.2) is 67.1 Å². The highest BCUT2D eigenvalue weighted by Gasteiger charge is 2.15. The lowest BCUT2D eigenvalue weighted by molar-refractivity contribution is -0.384. The molecule has 0 atom stereocenters. The summed E-state index contributed by atoms with van der Waals surface area (Å²) in [5, 5.41) is 13.7. The molecule has 0 saturated heterocycles. The maximum absolute atomic E-state index is 12.5. The Hall–Kier alpha value is -3.81. The lowest BCUT2D eigenvalue weighted by Gasteiger charge is -2.10. The van der Waals surface area contributed by atoms with Gasteiger partial charge in [0.1, 0.15) is 11.3 Å². The van der Waals surface area contributed by atoms with Crippen LogP contribution in [-0.4, -0.2) is 27.3 Å². The van der Waals surface area contributed by atoms with E-state index in [4.69, 9.17) is 4.74 Å². The highest BCUT2D eigenvalue weighted by atomic mass is 16.6. The Morgan fingerprint density at radius 2 is 2.00 bits per heavy atom. The summed E-state index contributed by atoms with van der Waals surface area (Å²) in [5.74, 6) is -0.0309. The fraction of sp³-hybridized carbons (Fsp3) is 0.105. The maximum Gasteiger partial charge on any atom is 0.273 e. The molecular weight excluding hydrogens is 348 g/mol. The van der Waals surface area contributed by atoms with Crippen molar-refractivity contribution in [3.63, 3.8) is 0 Å². The lowest BCUT2D eigenvalue weighted by atomic mass is 10.2. The molecule has 2 heterocycles. The number of carbonyl (C=O) groups excluding carboxylic acids is 1. The van der Waals surface area contributed by atoms with E-state index in [2.05, 4.69) is 15.3 Å². The number of amides is 1. The Balaban J connectivity index is 1.69. The van der Waals surface area contributed by atoms with Crippen LogP contribution in [-0.2, 0) is 6.42 Å². The molecule has 8 nitrogen and oxygen atoms in total. The first-order valence-electron chi connectivity index (χ1n) is 8.18. The quantitative estimate of drug-likeness (QED) is 0.510. The third-order valence-electron chi connectivity index (χ3n) is 3.68. The second kappa shape index (κ2) is 8.52. The number of pyridine rings is 2. The molecule has 0 unspecified atom stereocenters. The molecule has 0 aliphatic heterocycles. The molecule has 1 N–H and O–H groups in total. The van der Waals surface area contributed by atoms with Gasteiger partial charge in [0.25, 0.3) is 11.6 Å². The van der Waals surface area contributed by atoms with Crippen LogP contribution in [0.3, 0.4) is 0 Å². The number of ether oxygens (including phenoxy) is 1. The van der Waals surface area contributed by atoms with E-state index in [1.165, 1.54) is 24.4 Å². The Morgan fingerprint density at radius 1 is 1.15 bits per heavy atom. The maximum atomic E-state index is 12.5. The lowest BCUT2D eigenvalue weighted by Crippen LogP contribution is -2.26. The number of nitrogens with zero attached hydrogens (tertiary/aromatic N) is 3. The number of nitrogens with one attached hydrogen (secondary N) is 1. The van der Waals surface area contributed by atoms with Gasteiger partial charge >= 0.3 is 0 Å². The van der Waals surface area contributed by atoms with Gasteiger partial charge in [-0.25, -0.2) is 4.98 Å². The normalized spacial score (nSPS) is 10.2. The predicted octanol–water partition coefficient (Wildman–Crippen LogP) is 3.15. The van der Waals surface area contributed by atoms with Crippen LogP contribution in [0.2, 0.25) is 0 Å². The minimum atomic E-state index is -0.517. The van der Waals surface area contributed by atoms with E-state index >= 15 is 0 Å². The summed E-state index contributed by atoms with van der Waals surface area (Å²) >= 11 is 0. The van der Waals surface area contributed by atoms with Gasteiger partial charge in [0.2, 0.25) is 5.88 Å². The molecule has 1 amide bonds. The number of hydrogen-bond acceptors (Lipinski definition) is 6. The molecule has 1 aromatic carbocycles. The van der Waals surface area contributed by atoms with Gasteiger partial charge in [0.15, 0.2) is 0 Å². The zero-order chi connectivity index (χ0) is 19.1. The highest BCUT2D eigenvalue weighted by Crippen LogP contribution is 2.26. The summed E-state index contributed by atoms with van der Waals surface area (Å²) in [6.45, 7) is 0.426. The average molecular weight is 364 g/mol. The largest absolute Gasteiger partial charge is 0.438 e. The SMILES string of the molecule is O=C(NCCc1cccnc1)c1cccnc1Oc1cccc([N+](=O)[O-])c1. The average Bonchev–Trinajstić information content (AvgIpc) is 2.69. The zero-order valence-electron chi connectivity index (χ0n) is 14.2. The van der Waals surface area contributed by atoms with Crippen molar-refractivity contribution in [3.8, 4) is 11.6 Å². The van der Waals surface area contributed by atoms with Crippen molar-refractivity contribution in [2.75, 3.05) is 6.54 Å². The molecule has 0 spiro atoms. The molecule has 0 aliphatic carbocycles. The van der Waals surface area contributed by atoms with Crippen molar-refractivity contribution < 1.29 is 14.5 Å². The summed E-state index contributed by atoms with van der Waals surface area (Å²) in [6.07, 6.45) is 5.56. The van der Waals surface area contributed by atoms with E-state index in [0.29, 0.717) is 13.0 Å². The van der Waals surface area contributed by atoms with Gasteiger partial charge in [-0.3, -0.25) is 19.9 Å². The Labute approximate surface area is 155 Å². The Morgan fingerprint density at radius 3 is 2.78 bits per heavy atom. The molecule has 0 aliphatic rings. The van der Waals surface area contributed by atoms with Crippen LogP contribution in [0.4, 0.5) is 5.69 Å². The molecule has 8 heteroatoms. The van der Waals surface area contributed by atoms with Crippen molar-refractivity contribution in [1.29, 1.82) is 0 Å². The van der Waals surface area contributed by atoms with Crippen molar-refractivity contribution in [1.82, 2.24) is 15.3 Å². The van der Waals surface area contributed by atoms with E-state index in [9.17, 15) is 14.9 Å². The fourth-order valence-electron chi connectivity index (χ4n) is 2.38. The number of hydrogen-bond donors (Lipinski definition) is 1. The molecule has 0 saturated carbocycles. The summed E-state index contributed by atoms with van der Waals surface area (Å²) in [6, 6.07) is 12.7. The molecule has 0 bridgehead atoms. The smallest absolute Gasteiger partial charge is 0.273 e. The third kappa shape index (κ3) is 4.85. The summed E-state index contributed by atoms with van der Waals surface area (Å²) < 4.78 is 5.60. The number of aromatic nitrogens is 2. The molecule has 0 radical (unpaired) electrons. The standard InChI is InChI=1S/C19H16N4O4/c24-18(21-11-8-14-4-2-9-20-13-14)17-7-3-10-22-19(17)27-16-6-1-5-15(12-16)23(25)26/h1-7,9-10,12-13H,8,11H2,(H,21,24). The number of nitro benzene ring substituents is 1. The molecular formula is C19H16N4O4. The third-order valence-corrected chi connectivity index (χ3v) is 3.68. The minimum Gasteiger partial charge on any atom is -0.438 e. The van der Waals surface area contributed by atoms with Gasteiger partial charge in [-0.2, -0.15) is 0 Å². The van der Waals surface area contributed by atoms with E-state index in [-0.39, 0.29) is 28.8 Å². The minimum absolute atomic E-state index is 0.0804. The topological polar surface area (TPSA) is 107 Å². The number of non-ortho nitro benzene ring substituents is 1. The van der Waals surface area contributed by atoms with Crippen LogP contribution < -0.4 is 10.1 Å². The summed E-state index contributed by atoms with van der Waals surface area (Å²) in [4.78, 5) is 30.9. The van der Waals surface area contributed by atoms with E-state index in [1.807, 2.05) is 12.1 Å². The van der Waals surface area contributed by atoms with Gasteiger partial charge in [-0.1, -0.05) is 12.1 Å². The van der Waals surface area contributed by atoms with Crippen LogP contribution in [0.25, 0.3) is 0 Å². The van der Waals surface area contributed by atoms with Gasteiger partial charge in [-0.05, 0) is 36.2 Å². The number of rotatable bonds is 7. The Bertz CT molecular complexity index is 947. The van der Waals surface area contributed by atoms with Crippen LogP contribution in [0, 0.1) is 10.1 Å². The number of carbonyl (C=O) groups is 1. The van der Waals surface area contributed by atoms with E-state index in [1.54, 1.807) is 30.6 Å². The molecule has 3 aromatic rings. The van der Waals surface area contributed by atoms with Crippen LogP contribution in [0.1, 0.15) is 15.9 Å². The second-order valence-electron chi connectivity index (χ2n) is 5.58. The Kier molecular flexibility index (Phi) is 5.68. The monoisotopic (exact) mass is 364 g/mol. The van der Waals surface area contributed by atoms with Gasteiger partial charge in [-0.15, -0.1) is 0 Å². The first kappa shape index (κ1) is 18.0. The van der Waals surface area contributed by atoms with Crippen molar-refractivity contribution in [2.45, 2.75) is 6.42 Å². The van der Waals surface area contributed by atoms with Gasteiger partial charge in [0.05, 0.1) is 11.0 Å². The predicted molar refractivity (Wildman–Crippen MR) is 97.7 cm³/mol. The fourth-order valence-corrected chi connectivity index (χ4v) is 2.38. The number of nitro groups is 1. The summed E-state index contributed by atoms with van der Waals surface area (Å²) in [5.41, 5.74) is 1.15. The van der Waals surface area contributed by atoms with Crippen LogP contribution >= 0.6 is 0 Å². The molecule has 136 valence electrons. The summed E-state index contributed by atoms with van der Waals surface area (Å²) in [7, 11) is 0. The zero-order valence-corrected chi connectivity index (χ0v) is 14.2. The molecule has 27 heavy (non-hydrogen) atoms. The second-order valence-corrected chi connectivity index (χ2v) is 5.58. The van der Waals surface area contributed by atoms with Gasteiger partial charge in [0, 0.05) is 31.2 Å². The van der Waals surface area contributed by atoms with Crippen molar-refractivity contribution >= 4 is 11.6 Å². The number of benzene rings is 1. The van der Waals surface area contributed by atoms with E-state index in [0.717, 1.165) is 5.56 Å². The molecule has 3 rings (SSSR count). The van der Waals surface area contributed by atoms with Crippen molar-refractivity contribution in [3.05, 3.63) is 88.4 Å². The molecule has 2 aromatic heterocycles. The van der Waals surface area contributed by atoms with Crippen LogP contribution in [0.5, 0.6) is 11.6 Å². The van der Waals surface area contributed by atoms with Gasteiger partial charge < -0.3 is 10.1 Å². The highest BCUT2D eigenvalue weighted by molar-refractivity contribution is 5.96. The van der Waals surface area contributed by atoms with E-state index < -0.39 is 4.92 Å². The van der Waals surface area contributed by atoms with Crippen molar-refractivity contribution in [2.24, 2.45) is 0 Å².